The number of aromatic carboxylic acids is 1. The zero-order valence-electron chi connectivity index (χ0n) is 8.27. The molecule has 0 atom stereocenters. The number of rotatable bonds is 3. The highest BCUT2D eigenvalue weighted by atomic mass is 19.4. The maximum Gasteiger partial charge on any atom is 0.407 e. The Bertz CT molecular complexity index is 436. The third-order valence-corrected chi connectivity index (χ3v) is 1.69. The second kappa shape index (κ2) is 4.41. The summed E-state index contributed by atoms with van der Waals surface area (Å²) in [6.45, 7) is -1.51. The van der Waals surface area contributed by atoms with Crippen molar-refractivity contribution >= 4 is 17.5 Å². The molecule has 0 saturated heterocycles. The van der Waals surface area contributed by atoms with E-state index >= 15 is 0 Å². The van der Waals surface area contributed by atoms with Crippen LogP contribution in [0, 0.1) is 0 Å². The number of nitrogens with zero attached hydrogens (tertiary/aromatic N) is 3. The second-order valence-electron chi connectivity index (χ2n) is 3.01. The largest absolute Gasteiger partial charge is 0.476 e. The molecule has 7 nitrogen and oxygen atoms in total. The summed E-state index contributed by atoms with van der Waals surface area (Å²) in [5.41, 5.74) is 4.18. The molecule has 0 unspecified atom stereocenters. The van der Waals surface area contributed by atoms with Gasteiger partial charge in [-0.1, -0.05) is 0 Å². The number of alkyl halides is 3. The first kappa shape index (κ1) is 13.0. The average Bonchev–Trinajstić information content (AvgIpc) is 2.14. The van der Waals surface area contributed by atoms with Crippen molar-refractivity contribution in [3.8, 4) is 0 Å². The lowest BCUT2D eigenvalue weighted by atomic mass is 10.3. The van der Waals surface area contributed by atoms with Crippen LogP contribution >= 0.6 is 0 Å². The molecule has 0 aromatic carbocycles. The predicted octanol–water partition coefficient (Wildman–Crippen LogP) is -0.000600. The lowest BCUT2D eigenvalue weighted by Crippen LogP contribution is -2.40. The summed E-state index contributed by atoms with van der Waals surface area (Å²) in [6.07, 6.45) is -3.79. The van der Waals surface area contributed by atoms with Crippen LogP contribution in [0.25, 0.3) is 0 Å². The first-order valence-corrected chi connectivity index (χ1v) is 4.15. The van der Waals surface area contributed by atoms with E-state index in [1.165, 1.54) is 0 Å². The molecule has 5 N–H and O–H groups in total. The number of anilines is 2. The highest BCUT2D eigenvalue weighted by molar-refractivity contribution is 5.94. The molecule has 0 aliphatic rings. The van der Waals surface area contributed by atoms with E-state index in [4.69, 9.17) is 16.7 Å². The highest BCUT2D eigenvalue weighted by Crippen LogP contribution is 2.23. The zero-order chi connectivity index (χ0) is 13.2. The van der Waals surface area contributed by atoms with Crippen molar-refractivity contribution in [2.24, 2.45) is 5.84 Å². The van der Waals surface area contributed by atoms with E-state index in [1.54, 1.807) is 0 Å². The lowest BCUT2D eigenvalue weighted by Gasteiger charge is -2.20. The van der Waals surface area contributed by atoms with E-state index < -0.39 is 35.9 Å². The van der Waals surface area contributed by atoms with Gasteiger partial charge in [0.25, 0.3) is 0 Å². The van der Waals surface area contributed by atoms with Gasteiger partial charge in [-0.3, -0.25) is 5.01 Å². The van der Waals surface area contributed by atoms with Gasteiger partial charge in [0.2, 0.25) is 0 Å². The molecule has 0 fully saturated rings. The number of carbonyl (C=O) groups is 1. The van der Waals surface area contributed by atoms with Gasteiger partial charge in [-0.15, -0.1) is 0 Å². The summed E-state index contributed by atoms with van der Waals surface area (Å²) in [5.74, 6) is 3.13. The third kappa shape index (κ3) is 3.17. The Labute approximate surface area is 92.8 Å². The van der Waals surface area contributed by atoms with Crippen LogP contribution in [-0.2, 0) is 0 Å². The Morgan fingerprint density at radius 3 is 2.53 bits per heavy atom. The number of hydrogen-bond acceptors (Lipinski definition) is 6. The molecule has 0 bridgehead atoms. The molecule has 10 heteroatoms. The number of carboxylic acids is 1. The van der Waals surface area contributed by atoms with Crippen molar-refractivity contribution in [1.29, 1.82) is 0 Å². The minimum atomic E-state index is -4.56. The molecule has 0 saturated carbocycles. The molecule has 1 aromatic heterocycles. The Morgan fingerprint density at radius 1 is 1.47 bits per heavy atom. The Hall–Kier alpha value is -2.10. The van der Waals surface area contributed by atoms with E-state index in [1.807, 2.05) is 0 Å². The minimum Gasteiger partial charge on any atom is -0.476 e. The van der Waals surface area contributed by atoms with Crippen molar-refractivity contribution in [3.63, 3.8) is 0 Å². The van der Waals surface area contributed by atoms with Crippen LogP contribution < -0.4 is 16.6 Å². The number of aromatic nitrogens is 2. The van der Waals surface area contributed by atoms with Crippen LogP contribution in [-0.4, -0.2) is 33.8 Å². The first-order chi connectivity index (χ1) is 7.72. The third-order valence-electron chi connectivity index (χ3n) is 1.69. The summed E-state index contributed by atoms with van der Waals surface area (Å²) in [7, 11) is 0. The molecule has 1 aromatic rings. The Kier molecular flexibility index (Phi) is 3.36. The topological polar surface area (TPSA) is 118 Å². The normalized spacial score (nSPS) is 11.3. The maximum absolute atomic E-state index is 12.1. The van der Waals surface area contributed by atoms with Crippen molar-refractivity contribution in [3.05, 3.63) is 12.0 Å². The van der Waals surface area contributed by atoms with E-state index in [-0.39, 0.29) is 5.01 Å². The number of hydrogen-bond donors (Lipinski definition) is 3. The van der Waals surface area contributed by atoms with Crippen molar-refractivity contribution in [2.45, 2.75) is 6.18 Å². The maximum atomic E-state index is 12.1. The fourth-order valence-electron chi connectivity index (χ4n) is 1.05. The van der Waals surface area contributed by atoms with Crippen molar-refractivity contribution in [2.75, 3.05) is 17.3 Å². The fourth-order valence-corrected chi connectivity index (χ4v) is 1.05. The molecule has 94 valence electrons. The number of nitrogen functional groups attached to an aromatic ring is 1. The van der Waals surface area contributed by atoms with Gasteiger partial charge in [0.05, 0.1) is 0 Å². The van der Waals surface area contributed by atoms with Crippen molar-refractivity contribution < 1.29 is 23.1 Å². The molecular weight excluding hydrogens is 243 g/mol. The SMILES string of the molecule is Nc1c(C(=O)O)ncnc1N(N)CC(F)(F)F. The van der Waals surface area contributed by atoms with E-state index in [0.29, 0.717) is 0 Å². The Morgan fingerprint density at radius 2 is 2.06 bits per heavy atom. The van der Waals surface area contributed by atoms with Gasteiger partial charge in [-0.05, 0) is 0 Å². The van der Waals surface area contributed by atoms with E-state index in [2.05, 4.69) is 9.97 Å². The van der Waals surface area contributed by atoms with Gasteiger partial charge in [-0.2, -0.15) is 13.2 Å². The number of nitrogens with two attached hydrogens (primary N) is 2. The molecule has 1 rings (SSSR count). The molecule has 0 aliphatic carbocycles. The lowest BCUT2D eigenvalue weighted by molar-refractivity contribution is -0.119. The monoisotopic (exact) mass is 251 g/mol. The summed E-state index contributed by atoms with van der Waals surface area (Å²) in [4.78, 5) is 17.4. The van der Waals surface area contributed by atoms with E-state index in [9.17, 15) is 18.0 Å². The summed E-state index contributed by atoms with van der Waals surface area (Å²) in [5, 5.41) is 8.86. The number of carboxylic acid groups (broad SMARTS) is 1. The molecule has 0 aliphatic heterocycles. The zero-order valence-corrected chi connectivity index (χ0v) is 8.27. The quantitative estimate of drug-likeness (QED) is 0.511. The molecule has 1 heterocycles. The van der Waals surface area contributed by atoms with Crippen molar-refractivity contribution in [1.82, 2.24) is 9.97 Å². The van der Waals surface area contributed by atoms with Gasteiger partial charge in [0, 0.05) is 0 Å². The van der Waals surface area contributed by atoms with Crippen LogP contribution in [0.5, 0.6) is 0 Å². The predicted molar refractivity (Wildman–Crippen MR) is 51.0 cm³/mol. The molecular formula is C7H8F3N5O2. The fraction of sp³-hybridized carbons (Fsp3) is 0.286. The van der Waals surface area contributed by atoms with Crippen LogP contribution in [0.1, 0.15) is 10.5 Å². The van der Waals surface area contributed by atoms with Gasteiger partial charge in [-0.25, -0.2) is 20.6 Å². The van der Waals surface area contributed by atoms with Gasteiger partial charge in [0.15, 0.2) is 11.5 Å². The van der Waals surface area contributed by atoms with E-state index in [0.717, 1.165) is 6.33 Å². The van der Waals surface area contributed by atoms with Gasteiger partial charge in [0.1, 0.15) is 18.6 Å². The minimum absolute atomic E-state index is 0.212. The number of hydrazine groups is 1. The summed E-state index contributed by atoms with van der Waals surface area (Å²) >= 11 is 0. The molecule has 0 radical (unpaired) electrons. The first-order valence-electron chi connectivity index (χ1n) is 4.15. The van der Waals surface area contributed by atoms with Crippen LogP contribution in [0.3, 0.4) is 0 Å². The second-order valence-corrected chi connectivity index (χ2v) is 3.01. The van der Waals surface area contributed by atoms with Crippen LogP contribution in [0.15, 0.2) is 6.33 Å². The Balaban J connectivity index is 3.07. The average molecular weight is 251 g/mol. The van der Waals surface area contributed by atoms with Crippen LogP contribution in [0.4, 0.5) is 24.7 Å². The standard InChI is InChI=1S/C7H8F3N5O2/c8-7(9,10)1-15(12)5-3(11)4(6(16)17)13-2-14-5/h2H,1,11-12H2,(H,16,17). The molecule has 17 heavy (non-hydrogen) atoms. The van der Waals surface area contributed by atoms with Gasteiger partial charge >= 0.3 is 12.1 Å². The highest BCUT2D eigenvalue weighted by Gasteiger charge is 2.31. The number of halogens is 3. The molecule has 0 amide bonds. The smallest absolute Gasteiger partial charge is 0.407 e. The molecule has 0 spiro atoms. The summed E-state index contributed by atoms with van der Waals surface area (Å²) < 4.78 is 36.2. The summed E-state index contributed by atoms with van der Waals surface area (Å²) in [6, 6.07) is 0. The van der Waals surface area contributed by atoms with Gasteiger partial charge < -0.3 is 10.8 Å². The van der Waals surface area contributed by atoms with Crippen LogP contribution in [0.2, 0.25) is 0 Å².